The van der Waals surface area contributed by atoms with Crippen LogP contribution in [-0.4, -0.2) is 89.2 Å². The van der Waals surface area contributed by atoms with Gasteiger partial charge in [-0.1, -0.05) is 32.9 Å². The lowest BCUT2D eigenvalue weighted by molar-refractivity contribution is -0.139. The smallest absolute Gasteiger partial charge is 0.251 e. The molecular weight excluding hydrogens is 510 g/mol. The van der Waals surface area contributed by atoms with Gasteiger partial charge in [0.05, 0.1) is 17.3 Å². The van der Waals surface area contributed by atoms with Crippen LogP contribution in [0.5, 0.6) is 0 Å². The van der Waals surface area contributed by atoms with E-state index in [4.69, 9.17) is 4.98 Å². The zero-order valence-corrected chi connectivity index (χ0v) is 24.7. The van der Waals surface area contributed by atoms with Gasteiger partial charge >= 0.3 is 0 Å². The van der Waals surface area contributed by atoms with E-state index in [2.05, 4.69) is 48.3 Å². The lowest BCUT2D eigenvalue weighted by Crippen LogP contribution is -2.55. The van der Waals surface area contributed by atoms with Gasteiger partial charge in [-0.25, -0.2) is 4.98 Å². The van der Waals surface area contributed by atoms with Crippen molar-refractivity contribution in [2.45, 2.75) is 64.6 Å². The fourth-order valence-corrected chi connectivity index (χ4v) is 7.53. The van der Waals surface area contributed by atoms with Gasteiger partial charge in [0.25, 0.3) is 5.91 Å². The summed E-state index contributed by atoms with van der Waals surface area (Å²) in [6.07, 6.45) is 2.20. The Bertz CT molecular complexity index is 1170. The lowest BCUT2D eigenvalue weighted by Gasteiger charge is -2.36. The highest BCUT2D eigenvalue weighted by Crippen LogP contribution is 2.47. The van der Waals surface area contributed by atoms with Crippen LogP contribution >= 0.6 is 11.3 Å². The van der Waals surface area contributed by atoms with E-state index in [0.29, 0.717) is 36.8 Å². The number of thiazole rings is 1. The minimum absolute atomic E-state index is 0.0749. The van der Waals surface area contributed by atoms with Gasteiger partial charge in [-0.15, -0.1) is 11.3 Å². The van der Waals surface area contributed by atoms with Crippen LogP contribution in [0.3, 0.4) is 0 Å². The maximum atomic E-state index is 13.8. The largest absolute Gasteiger partial charge is 0.388 e. The number of nitrogens with zero attached hydrogens (tertiary/aromatic N) is 4. The molecule has 1 aromatic heterocycles. The predicted molar refractivity (Wildman–Crippen MR) is 156 cm³/mol. The number of benzene rings is 1. The SMILES string of the molecule is CC(C)CC(NC(=O)c1ccc(-c2csc(N3CCN(C)CC3)n2)cc1)C(=O)N1CC(C)C2CCC(C)(O)C21. The Morgan fingerprint density at radius 2 is 1.87 bits per heavy atom. The first-order chi connectivity index (χ1) is 18.5. The maximum Gasteiger partial charge on any atom is 0.251 e. The molecule has 8 nitrogen and oxygen atoms in total. The van der Waals surface area contributed by atoms with Gasteiger partial charge in [0.2, 0.25) is 5.91 Å². The number of hydrogen-bond donors (Lipinski definition) is 2. The van der Waals surface area contributed by atoms with Crippen molar-refractivity contribution < 1.29 is 14.7 Å². The van der Waals surface area contributed by atoms with Crippen LogP contribution in [0.25, 0.3) is 11.3 Å². The predicted octanol–water partition coefficient (Wildman–Crippen LogP) is 3.71. The molecule has 2 saturated heterocycles. The fraction of sp³-hybridized carbons (Fsp3) is 0.633. The summed E-state index contributed by atoms with van der Waals surface area (Å²) in [6, 6.07) is 6.68. The Morgan fingerprint density at radius 3 is 2.54 bits per heavy atom. The van der Waals surface area contributed by atoms with Gasteiger partial charge in [-0.2, -0.15) is 0 Å². The second kappa shape index (κ2) is 11.2. The van der Waals surface area contributed by atoms with Crippen molar-refractivity contribution in [1.82, 2.24) is 20.1 Å². The van der Waals surface area contributed by atoms with Crippen LogP contribution in [0.15, 0.2) is 29.6 Å². The lowest BCUT2D eigenvalue weighted by atomic mass is 9.91. The first kappa shape index (κ1) is 28.1. The number of fused-ring (bicyclic) bond motifs is 1. The van der Waals surface area contributed by atoms with E-state index in [1.54, 1.807) is 11.3 Å². The topological polar surface area (TPSA) is 89.0 Å². The van der Waals surface area contributed by atoms with Gasteiger partial charge in [0, 0.05) is 49.2 Å². The third-order valence-corrected chi connectivity index (χ3v) is 9.78. The summed E-state index contributed by atoms with van der Waals surface area (Å²) in [5.41, 5.74) is 1.52. The molecular formula is C30H43N5O3S. The molecule has 0 spiro atoms. The molecule has 0 bridgehead atoms. The van der Waals surface area contributed by atoms with Crippen molar-refractivity contribution in [2.24, 2.45) is 17.8 Å². The van der Waals surface area contributed by atoms with E-state index in [1.165, 1.54) is 0 Å². The molecule has 2 aliphatic heterocycles. The number of aliphatic hydroxyl groups is 1. The standard InChI is InChI=1S/C30H43N5O3S/c1-19(2)16-24(28(37)35-17-20(3)23-10-11-30(4,38)26(23)35)31-27(36)22-8-6-21(7-9-22)25-18-39-29(32-25)34-14-12-33(5)13-15-34/h6-9,18-20,23-24,26,38H,10-17H2,1-5H3,(H,31,36). The number of nitrogens with one attached hydrogen (secondary N) is 1. The highest BCUT2D eigenvalue weighted by molar-refractivity contribution is 7.14. The summed E-state index contributed by atoms with van der Waals surface area (Å²) in [5, 5.41) is 17.2. The Balaban J connectivity index is 1.27. The van der Waals surface area contributed by atoms with E-state index < -0.39 is 11.6 Å². The summed E-state index contributed by atoms with van der Waals surface area (Å²) in [6.45, 7) is 12.8. The molecule has 5 unspecified atom stereocenters. The quantitative estimate of drug-likeness (QED) is 0.544. The molecule has 39 heavy (non-hydrogen) atoms. The highest BCUT2D eigenvalue weighted by atomic mass is 32.1. The summed E-state index contributed by atoms with van der Waals surface area (Å²) in [4.78, 5) is 38.5. The van der Waals surface area contributed by atoms with Crippen molar-refractivity contribution in [3.8, 4) is 11.3 Å². The fourth-order valence-electron chi connectivity index (χ4n) is 6.64. The molecule has 2 N–H and O–H groups in total. The number of likely N-dealkylation sites (N-methyl/N-ethyl adjacent to an activating group) is 1. The molecule has 1 aromatic carbocycles. The van der Waals surface area contributed by atoms with Crippen LogP contribution in [0.2, 0.25) is 0 Å². The van der Waals surface area contributed by atoms with E-state index in [9.17, 15) is 14.7 Å². The van der Waals surface area contributed by atoms with Gasteiger partial charge in [0.15, 0.2) is 5.13 Å². The third kappa shape index (κ3) is 5.86. The van der Waals surface area contributed by atoms with Gasteiger partial charge in [-0.05, 0) is 63.1 Å². The summed E-state index contributed by atoms with van der Waals surface area (Å²) >= 11 is 1.66. The molecule has 9 heteroatoms. The number of aromatic nitrogens is 1. The van der Waals surface area contributed by atoms with Gasteiger partial charge < -0.3 is 25.1 Å². The number of likely N-dealkylation sites (tertiary alicyclic amines) is 1. The monoisotopic (exact) mass is 553 g/mol. The number of piperazine rings is 1. The summed E-state index contributed by atoms with van der Waals surface area (Å²) in [7, 11) is 2.14. The first-order valence-corrected chi connectivity index (χ1v) is 15.2. The molecule has 3 fully saturated rings. The molecule has 5 atom stereocenters. The van der Waals surface area contributed by atoms with E-state index in [1.807, 2.05) is 36.1 Å². The normalized spacial score (nSPS) is 28.1. The average molecular weight is 554 g/mol. The number of anilines is 1. The van der Waals surface area contributed by atoms with Crippen molar-refractivity contribution in [2.75, 3.05) is 44.7 Å². The van der Waals surface area contributed by atoms with Crippen molar-refractivity contribution >= 4 is 28.3 Å². The van der Waals surface area contributed by atoms with Crippen molar-refractivity contribution in [3.63, 3.8) is 0 Å². The number of carbonyl (C=O) groups excluding carboxylic acids is 2. The minimum atomic E-state index is -0.882. The van der Waals surface area contributed by atoms with Crippen molar-refractivity contribution in [3.05, 3.63) is 35.2 Å². The average Bonchev–Trinajstić information content (AvgIpc) is 3.60. The zero-order valence-electron chi connectivity index (χ0n) is 23.9. The van der Waals surface area contributed by atoms with Crippen LogP contribution in [0.1, 0.15) is 57.3 Å². The van der Waals surface area contributed by atoms with Crippen molar-refractivity contribution in [1.29, 1.82) is 0 Å². The minimum Gasteiger partial charge on any atom is -0.388 e. The number of hydrogen-bond acceptors (Lipinski definition) is 7. The Labute approximate surface area is 236 Å². The molecule has 1 saturated carbocycles. The van der Waals surface area contributed by atoms with E-state index in [-0.39, 0.29) is 23.8 Å². The molecule has 3 aliphatic rings. The van der Waals surface area contributed by atoms with E-state index in [0.717, 1.165) is 49.0 Å². The zero-order chi connectivity index (χ0) is 27.9. The highest BCUT2D eigenvalue weighted by Gasteiger charge is 2.55. The van der Waals surface area contributed by atoms with E-state index >= 15 is 0 Å². The van der Waals surface area contributed by atoms with Crippen LogP contribution in [0.4, 0.5) is 5.13 Å². The summed E-state index contributed by atoms with van der Waals surface area (Å²) < 4.78 is 0. The van der Waals surface area contributed by atoms with Gasteiger partial charge in [-0.3, -0.25) is 9.59 Å². The maximum absolute atomic E-state index is 13.8. The Hall–Kier alpha value is -2.49. The molecule has 2 aromatic rings. The number of carbonyl (C=O) groups is 2. The molecule has 1 aliphatic carbocycles. The van der Waals surface area contributed by atoms with Crippen LogP contribution in [0, 0.1) is 17.8 Å². The number of rotatable bonds is 7. The molecule has 5 rings (SSSR count). The second-order valence-corrected chi connectivity index (χ2v) is 13.3. The Morgan fingerprint density at radius 1 is 1.18 bits per heavy atom. The Kier molecular flexibility index (Phi) is 8.04. The van der Waals surface area contributed by atoms with Gasteiger partial charge in [0.1, 0.15) is 6.04 Å². The molecule has 212 valence electrons. The molecule has 2 amide bonds. The molecule has 3 heterocycles. The van der Waals surface area contributed by atoms with Crippen LogP contribution < -0.4 is 10.2 Å². The second-order valence-electron chi connectivity index (χ2n) is 12.5. The summed E-state index contributed by atoms with van der Waals surface area (Å²) in [5.74, 6) is 0.571. The third-order valence-electron chi connectivity index (χ3n) is 8.88. The molecule has 0 radical (unpaired) electrons. The number of amides is 2. The van der Waals surface area contributed by atoms with Crippen LogP contribution in [-0.2, 0) is 4.79 Å². The first-order valence-electron chi connectivity index (χ1n) is 14.4.